The van der Waals surface area contributed by atoms with E-state index in [-0.39, 0.29) is 23.5 Å². The molecule has 2 heterocycles. The van der Waals surface area contributed by atoms with E-state index >= 15 is 0 Å². The average molecular weight is 578 g/mol. The van der Waals surface area contributed by atoms with E-state index in [1.54, 1.807) is 53.4 Å². The van der Waals surface area contributed by atoms with E-state index in [4.69, 9.17) is 11.6 Å². The van der Waals surface area contributed by atoms with Crippen molar-refractivity contribution in [3.8, 4) is 0 Å². The summed E-state index contributed by atoms with van der Waals surface area (Å²) in [6.45, 7) is 3.45. The molecule has 0 bridgehead atoms. The number of nitrogens with zero attached hydrogens (tertiary/aromatic N) is 3. The Morgan fingerprint density at radius 3 is 2.22 bits per heavy atom. The molecule has 0 saturated carbocycles. The van der Waals surface area contributed by atoms with Crippen LogP contribution in [0.25, 0.3) is 0 Å². The average Bonchev–Trinajstić information content (AvgIpc) is 3.25. The maximum Gasteiger partial charge on any atom is 0.321 e. The number of likely N-dealkylation sites (tertiary alicyclic amines) is 1. The lowest BCUT2D eigenvalue weighted by Crippen LogP contribution is -2.39. The highest BCUT2D eigenvalue weighted by atomic mass is 35.5. The van der Waals surface area contributed by atoms with E-state index in [0.717, 1.165) is 24.9 Å². The van der Waals surface area contributed by atoms with Gasteiger partial charge in [0.1, 0.15) is 5.82 Å². The molecule has 0 unspecified atom stereocenters. The molecular formula is C31H33ClFN5O3. The van der Waals surface area contributed by atoms with E-state index < -0.39 is 5.82 Å². The zero-order chi connectivity index (χ0) is 28.8. The lowest BCUT2D eigenvalue weighted by atomic mass is 10.1. The summed E-state index contributed by atoms with van der Waals surface area (Å²) in [5.74, 6) is -0.848. The fourth-order valence-corrected chi connectivity index (χ4v) is 5.38. The van der Waals surface area contributed by atoms with Crippen LogP contribution in [0.15, 0.2) is 66.7 Å². The molecule has 214 valence electrons. The molecule has 0 spiro atoms. The maximum atomic E-state index is 14.1. The molecular weight excluding hydrogens is 545 g/mol. The molecule has 8 nitrogen and oxygen atoms in total. The number of halogens is 2. The van der Waals surface area contributed by atoms with E-state index in [2.05, 4.69) is 15.5 Å². The minimum absolute atomic E-state index is 0.0688. The monoisotopic (exact) mass is 577 g/mol. The Kier molecular flexibility index (Phi) is 9.04. The van der Waals surface area contributed by atoms with Gasteiger partial charge in [0.15, 0.2) is 0 Å². The number of para-hydroxylation sites is 1. The normalized spacial score (nSPS) is 15.7. The predicted molar refractivity (Wildman–Crippen MR) is 159 cm³/mol. The SMILES string of the molecule is O=C(Nc1ccc(N2CCCN(C(=O)Nc3ccccc3F)CC2)c(C(=O)N2CCCCC2)c1)c1ccc(Cl)cc1. The van der Waals surface area contributed by atoms with Gasteiger partial charge in [0.2, 0.25) is 0 Å². The highest BCUT2D eigenvalue weighted by Gasteiger charge is 2.26. The summed E-state index contributed by atoms with van der Waals surface area (Å²) < 4.78 is 14.1. The molecule has 2 saturated heterocycles. The molecule has 41 heavy (non-hydrogen) atoms. The minimum atomic E-state index is -0.485. The summed E-state index contributed by atoms with van der Waals surface area (Å²) >= 11 is 5.96. The molecule has 2 aliphatic rings. The number of urea groups is 1. The second kappa shape index (κ2) is 13.0. The van der Waals surface area contributed by atoms with Gasteiger partial charge < -0.3 is 25.3 Å². The zero-order valence-electron chi connectivity index (χ0n) is 22.7. The highest BCUT2D eigenvalue weighted by molar-refractivity contribution is 6.30. The third kappa shape index (κ3) is 6.97. The summed E-state index contributed by atoms with van der Waals surface area (Å²) in [5, 5.41) is 6.11. The smallest absolute Gasteiger partial charge is 0.321 e. The summed E-state index contributed by atoms with van der Waals surface area (Å²) in [4.78, 5) is 45.2. The van der Waals surface area contributed by atoms with E-state index in [1.165, 1.54) is 12.1 Å². The van der Waals surface area contributed by atoms with Gasteiger partial charge in [-0.15, -0.1) is 0 Å². The van der Waals surface area contributed by atoms with Crippen LogP contribution in [0.5, 0.6) is 0 Å². The molecule has 2 fully saturated rings. The largest absolute Gasteiger partial charge is 0.369 e. The van der Waals surface area contributed by atoms with Crippen LogP contribution in [0, 0.1) is 5.82 Å². The quantitative estimate of drug-likeness (QED) is 0.384. The molecule has 0 radical (unpaired) electrons. The van der Waals surface area contributed by atoms with Crippen LogP contribution in [0.1, 0.15) is 46.4 Å². The van der Waals surface area contributed by atoms with E-state index in [1.807, 2.05) is 11.0 Å². The third-order valence-electron chi connectivity index (χ3n) is 7.47. The highest BCUT2D eigenvalue weighted by Crippen LogP contribution is 2.29. The molecule has 2 aliphatic heterocycles. The fourth-order valence-electron chi connectivity index (χ4n) is 5.25. The van der Waals surface area contributed by atoms with Gasteiger partial charge in [-0.25, -0.2) is 9.18 Å². The number of carbonyl (C=O) groups is 3. The predicted octanol–water partition coefficient (Wildman–Crippen LogP) is 6.10. The van der Waals surface area contributed by atoms with Gasteiger partial charge in [-0.1, -0.05) is 23.7 Å². The number of nitrogens with one attached hydrogen (secondary N) is 2. The van der Waals surface area contributed by atoms with Crippen LogP contribution in [0.4, 0.5) is 26.2 Å². The molecule has 10 heteroatoms. The van der Waals surface area contributed by atoms with Crippen LogP contribution < -0.4 is 15.5 Å². The van der Waals surface area contributed by atoms with Gasteiger partial charge in [0, 0.05) is 61.2 Å². The van der Waals surface area contributed by atoms with Gasteiger partial charge in [-0.3, -0.25) is 9.59 Å². The zero-order valence-corrected chi connectivity index (χ0v) is 23.5. The van der Waals surface area contributed by atoms with Crippen molar-refractivity contribution in [3.63, 3.8) is 0 Å². The maximum absolute atomic E-state index is 14.1. The Hall–Kier alpha value is -4.11. The second-order valence-corrected chi connectivity index (χ2v) is 10.7. The van der Waals surface area contributed by atoms with Gasteiger partial charge >= 0.3 is 6.03 Å². The molecule has 3 aromatic rings. The Balaban J connectivity index is 1.35. The third-order valence-corrected chi connectivity index (χ3v) is 7.73. The molecule has 5 rings (SSSR count). The first-order valence-corrected chi connectivity index (χ1v) is 14.3. The lowest BCUT2D eigenvalue weighted by molar-refractivity contribution is 0.0724. The Morgan fingerprint density at radius 2 is 1.46 bits per heavy atom. The van der Waals surface area contributed by atoms with Gasteiger partial charge in [0.05, 0.1) is 11.3 Å². The number of anilines is 3. The van der Waals surface area contributed by atoms with Gasteiger partial charge in [-0.2, -0.15) is 0 Å². The number of hydrogen-bond acceptors (Lipinski definition) is 4. The van der Waals surface area contributed by atoms with Gasteiger partial charge in [-0.05, 0) is 80.3 Å². The number of amides is 4. The summed E-state index contributed by atoms with van der Waals surface area (Å²) in [6, 6.07) is 17.7. The standard InChI is InChI=1S/C31H33ClFN5O3/c32-23-11-9-22(10-12-23)29(39)34-24-13-14-28(25(21-24)30(40)37-15-4-1-5-16-37)36-17-6-18-38(20-19-36)31(41)35-27-8-3-2-7-26(27)33/h2-3,7-14,21H,1,4-6,15-20H2,(H,34,39)(H,35,41). The van der Waals surface area contributed by atoms with Crippen molar-refractivity contribution in [2.24, 2.45) is 0 Å². The number of rotatable bonds is 5. The number of piperidine rings is 1. The van der Waals surface area contributed by atoms with Crippen molar-refractivity contribution >= 4 is 46.5 Å². The van der Waals surface area contributed by atoms with Crippen molar-refractivity contribution < 1.29 is 18.8 Å². The first kappa shape index (κ1) is 28.4. The number of hydrogen-bond donors (Lipinski definition) is 2. The van der Waals surface area contributed by atoms with Crippen LogP contribution in [-0.2, 0) is 0 Å². The van der Waals surface area contributed by atoms with Crippen LogP contribution in [0.3, 0.4) is 0 Å². The van der Waals surface area contributed by atoms with Crippen LogP contribution in [-0.4, -0.2) is 66.9 Å². The van der Waals surface area contributed by atoms with Gasteiger partial charge in [0.25, 0.3) is 11.8 Å². The Bertz CT molecular complexity index is 1410. The molecule has 0 atom stereocenters. The van der Waals surface area contributed by atoms with Crippen molar-refractivity contribution in [1.82, 2.24) is 9.80 Å². The first-order valence-electron chi connectivity index (χ1n) is 13.9. The summed E-state index contributed by atoms with van der Waals surface area (Å²) in [7, 11) is 0. The van der Waals surface area contributed by atoms with E-state index in [0.29, 0.717) is 67.5 Å². The minimum Gasteiger partial charge on any atom is -0.369 e. The van der Waals surface area contributed by atoms with Crippen molar-refractivity contribution in [3.05, 3.63) is 88.7 Å². The van der Waals surface area contributed by atoms with Crippen molar-refractivity contribution in [1.29, 1.82) is 0 Å². The number of benzene rings is 3. The molecule has 0 aromatic heterocycles. The second-order valence-electron chi connectivity index (χ2n) is 10.3. The van der Waals surface area contributed by atoms with Crippen molar-refractivity contribution in [2.45, 2.75) is 25.7 Å². The van der Waals surface area contributed by atoms with E-state index in [9.17, 15) is 18.8 Å². The Morgan fingerprint density at radius 1 is 0.732 bits per heavy atom. The summed E-state index contributed by atoms with van der Waals surface area (Å²) in [6.07, 6.45) is 3.70. The summed E-state index contributed by atoms with van der Waals surface area (Å²) in [5.41, 5.74) is 2.41. The topological polar surface area (TPSA) is 85.0 Å². The molecule has 0 aliphatic carbocycles. The van der Waals surface area contributed by atoms with Crippen molar-refractivity contribution in [2.75, 3.05) is 54.8 Å². The number of carbonyl (C=O) groups excluding carboxylic acids is 3. The lowest BCUT2D eigenvalue weighted by Gasteiger charge is -2.30. The van der Waals surface area contributed by atoms with Crippen LogP contribution >= 0.6 is 11.6 Å². The fraction of sp³-hybridized carbons (Fsp3) is 0.323. The molecule has 2 N–H and O–H groups in total. The Labute approximate surface area is 244 Å². The van der Waals surface area contributed by atoms with Crippen LogP contribution in [0.2, 0.25) is 5.02 Å². The molecule has 3 aromatic carbocycles. The first-order chi connectivity index (χ1) is 19.9. The molecule has 4 amide bonds.